The summed E-state index contributed by atoms with van der Waals surface area (Å²) in [6.45, 7) is 4.84. The van der Waals surface area contributed by atoms with Gasteiger partial charge in [-0.05, 0) is 24.8 Å². The van der Waals surface area contributed by atoms with E-state index in [0.717, 1.165) is 22.0 Å². The predicted octanol–water partition coefficient (Wildman–Crippen LogP) is 3.53. The number of rotatable bonds is 4. The summed E-state index contributed by atoms with van der Waals surface area (Å²) in [7, 11) is 0. The smallest absolute Gasteiger partial charge is 0.334 e. The third-order valence-corrected chi connectivity index (χ3v) is 3.72. The maximum Gasteiger partial charge on any atom is 0.334 e. The van der Waals surface area contributed by atoms with E-state index in [9.17, 15) is 4.79 Å². The summed E-state index contributed by atoms with van der Waals surface area (Å²) in [5.74, 6) is 1.63. The van der Waals surface area contributed by atoms with Crippen LogP contribution in [0.5, 0.6) is 5.75 Å². The van der Waals surface area contributed by atoms with E-state index in [1.807, 2.05) is 25.1 Å². The molecule has 0 unspecified atom stereocenters. The maximum atomic E-state index is 11.8. The largest absolute Gasteiger partial charge is 0.491 e. The van der Waals surface area contributed by atoms with Crippen molar-refractivity contribution < 1.29 is 14.3 Å². The number of carbonyl (C=O) groups is 1. The Balaban J connectivity index is 2.34. The second-order valence-corrected chi connectivity index (χ2v) is 5.40. The molecule has 0 saturated carbocycles. The first-order valence-electron chi connectivity index (χ1n) is 6.52. The molecule has 102 valence electrons. The first kappa shape index (κ1) is 14.0. The minimum atomic E-state index is -0.243. The highest BCUT2D eigenvalue weighted by molar-refractivity contribution is 7.99. The van der Waals surface area contributed by atoms with Crippen LogP contribution >= 0.6 is 11.8 Å². The number of carbonyl (C=O) groups excluding carboxylic acids is 1. The molecular weight excluding hydrogens is 260 g/mol. The lowest BCUT2D eigenvalue weighted by Crippen LogP contribution is -2.09. The molecule has 3 nitrogen and oxygen atoms in total. The zero-order valence-corrected chi connectivity index (χ0v) is 12.1. The first-order chi connectivity index (χ1) is 9.26. The van der Waals surface area contributed by atoms with Crippen molar-refractivity contribution in [2.24, 2.45) is 0 Å². The Kier molecular flexibility index (Phi) is 4.91. The number of esters is 1. The molecule has 1 aromatic carbocycles. The number of fused-ring (bicyclic) bond motifs is 1. The normalized spacial score (nSPS) is 13.9. The Morgan fingerprint density at radius 1 is 1.42 bits per heavy atom. The number of hydrogen-bond donors (Lipinski definition) is 0. The van der Waals surface area contributed by atoms with Crippen molar-refractivity contribution in [1.82, 2.24) is 0 Å². The lowest BCUT2D eigenvalue weighted by molar-refractivity contribution is -0.138. The van der Waals surface area contributed by atoms with Crippen molar-refractivity contribution in [3.05, 3.63) is 29.3 Å². The van der Waals surface area contributed by atoms with Crippen LogP contribution in [0, 0.1) is 0 Å². The molecule has 0 fully saturated rings. The number of benzene rings is 1. The van der Waals surface area contributed by atoms with Crippen LogP contribution in [-0.4, -0.2) is 24.9 Å². The quantitative estimate of drug-likeness (QED) is 0.623. The molecule has 1 aromatic rings. The number of para-hydroxylation sites is 1. The minimum Gasteiger partial charge on any atom is -0.491 e. The lowest BCUT2D eigenvalue weighted by Gasteiger charge is -2.10. The molecule has 0 saturated heterocycles. The number of ether oxygens (including phenoxy) is 2. The van der Waals surface area contributed by atoms with E-state index >= 15 is 0 Å². The van der Waals surface area contributed by atoms with Crippen LogP contribution in [0.3, 0.4) is 0 Å². The summed E-state index contributed by atoms with van der Waals surface area (Å²) >= 11 is 1.75. The van der Waals surface area contributed by atoms with E-state index < -0.39 is 0 Å². The van der Waals surface area contributed by atoms with Crippen LogP contribution in [0.15, 0.2) is 28.7 Å². The molecule has 0 atom stereocenters. The maximum absolute atomic E-state index is 11.8. The van der Waals surface area contributed by atoms with Crippen LogP contribution in [0.2, 0.25) is 0 Å². The van der Waals surface area contributed by atoms with Gasteiger partial charge in [-0.15, -0.1) is 11.8 Å². The van der Waals surface area contributed by atoms with Crippen LogP contribution in [-0.2, 0) is 9.53 Å². The fraction of sp³-hybridized carbons (Fsp3) is 0.400. The van der Waals surface area contributed by atoms with Crippen molar-refractivity contribution in [3.8, 4) is 5.75 Å². The van der Waals surface area contributed by atoms with Crippen LogP contribution < -0.4 is 4.74 Å². The highest BCUT2D eigenvalue weighted by atomic mass is 32.2. The van der Waals surface area contributed by atoms with Gasteiger partial charge in [0.15, 0.2) is 0 Å². The van der Waals surface area contributed by atoms with Gasteiger partial charge in [0, 0.05) is 22.5 Å². The van der Waals surface area contributed by atoms with Gasteiger partial charge in [-0.3, -0.25) is 0 Å². The van der Waals surface area contributed by atoms with Crippen LogP contribution in [0.25, 0.3) is 6.08 Å². The van der Waals surface area contributed by atoms with Gasteiger partial charge in [0.25, 0.3) is 0 Å². The Bertz CT molecular complexity index is 494. The van der Waals surface area contributed by atoms with Gasteiger partial charge < -0.3 is 9.47 Å². The molecule has 0 spiro atoms. The zero-order valence-electron chi connectivity index (χ0n) is 11.3. The lowest BCUT2D eigenvalue weighted by atomic mass is 10.1. The molecular formula is C15H18O3S. The van der Waals surface area contributed by atoms with Crippen LogP contribution in [0.4, 0.5) is 0 Å². The number of thioether (sulfide) groups is 1. The van der Waals surface area contributed by atoms with E-state index in [4.69, 9.17) is 9.47 Å². The van der Waals surface area contributed by atoms with E-state index in [1.165, 1.54) is 0 Å². The average molecular weight is 278 g/mol. The molecule has 0 aliphatic carbocycles. The molecule has 4 heteroatoms. The average Bonchev–Trinajstić information content (AvgIpc) is 2.62. The second kappa shape index (κ2) is 6.66. The van der Waals surface area contributed by atoms with Gasteiger partial charge in [-0.2, -0.15) is 0 Å². The minimum absolute atomic E-state index is 0.243. The Morgan fingerprint density at radius 2 is 2.26 bits per heavy atom. The molecule has 0 radical (unpaired) electrons. The topological polar surface area (TPSA) is 35.5 Å². The van der Waals surface area contributed by atoms with Gasteiger partial charge in [0.2, 0.25) is 0 Å². The molecule has 1 aliphatic heterocycles. The summed E-state index contributed by atoms with van der Waals surface area (Å²) in [6.07, 6.45) is 2.48. The summed E-state index contributed by atoms with van der Waals surface area (Å²) in [5, 5.41) is 0. The monoisotopic (exact) mass is 278 g/mol. The first-order valence-corrected chi connectivity index (χ1v) is 7.51. The summed E-state index contributed by atoms with van der Waals surface area (Å²) in [6, 6.07) is 6.01. The number of hydrogen-bond acceptors (Lipinski definition) is 4. The SMILES string of the molecule is CCOC(=O)C1=Cc2cccc(SCC)c2OCC1. The van der Waals surface area contributed by atoms with Crippen molar-refractivity contribution in [2.45, 2.75) is 25.2 Å². The highest BCUT2D eigenvalue weighted by Gasteiger charge is 2.18. The van der Waals surface area contributed by atoms with Gasteiger partial charge in [0.05, 0.1) is 13.2 Å². The molecule has 0 N–H and O–H groups in total. The van der Waals surface area contributed by atoms with Gasteiger partial charge in [-0.1, -0.05) is 19.1 Å². The third-order valence-electron chi connectivity index (χ3n) is 2.79. The Labute approximate surface area is 118 Å². The van der Waals surface area contributed by atoms with Gasteiger partial charge in [-0.25, -0.2) is 4.79 Å². The van der Waals surface area contributed by atoms with E-state index in [2.05, 4.69) is 13.0 Å². The fourth-order valence-corrected chi connectivity index (χ4v) is 2.77. The molecule has 0 bridgehead atoms. The molecule has 2 rings (SSSR count). The Hall–Kier alpha value is -1.42. The predicted molar refractivity (Wildman–Crippen MR) is 77.6 cm³/mol. The van der Waals surface area contributed by atoms with E-state index in [-0.39, 0.29) is 5.97 Å². The van der Waals surface area contributed by atoms with Gasteiger partial charge in [0.1, 0.15) is 5.75 Å². The summed E-state index contributed by atoms with van der Waals surface area (Å²) in [5.41, 5.74) is 1.64. The van der Waals surface area contributed by atoms with Crippen LogP contribution in [0.1, 0.15) is 25.8 Å². The fourth-order valence-electron chi connectivity index (χ4n) is 1.98. The van der Waals surface area contributed by atoms with Crippen molar-refractivity contribution in [1.29, 1.82) is 0 Å². The van der Waals surface area contributed by atoms with Crippen molar-refractivity contribution in [3.63, 3.8) is 0 Å². The molecule has 0 aromatic heterocycles. The third kappa shape index (κ3) is 3.32. The zero-order chi connectivity index (χ0) is 13.7. The molecule has 1 heterocycles. The van der Waals surface area contributed by atoms with Crippen molar-refractivity contribution in [2.75, 3.05) is 19.0 Å². The van der Waals surface area contributed by atoms with E-state index in [0.29, 0.717) is 25.2 Å². The molecule has 0 amide bonds. The summed E-state index contributed by atoms with van der Waals surface area (Å²) in [4.78, 5) is 12.9. The summed E-state index contributed by atoms with van der Waals surface area (Å²) < 4.78 is 10.9. The molecule has 19 heavy (non-hydrogen) atoms. The van der Waals surface area contributed by atoms with Gasteiger partial charge >= 0.3 is 5.97 Å². The molecule has 1 aliphatic rings. The van der Waals surface area contributed by atoms with E-state index in [1.54, 1.807) is 11.8 Å². The van der Waals surface area contributed by atoms with Crippen molar-refractivity contribution >= 4 is 23.8 Å². The standard InChI is InChI=1S/C15H18O3S/c1-3-17-15(16)12-8-9-18-14-11(10-12)6-5-7-13(14)19-4-2/h5-7,10H,3-4,8-9H2,1-2H3. The Morgan fingerprint density at radius 3 is 3.00 bits per heavy atom. The highest BCUT2D eigenvalue weighted by Crippen LogP contribution is 2.35. The second-order valence-electron chi connectivity index (χ2n) is 4.10.